The molecule has 2 aromatic rings. The molecule has 2 amide bonds. The number of urea groups is 1. The first-order valence-corrected chi connectivity index (χ1v) is 8.37. The van der Waals surface area contributed by atoms with Crippen LogP contribution in [0.25, 0.3) is 0 Å². The second kappa shape index (κ2) is 6.95. The Morgan fingerprint density at radius 2 is 2.33 bits per heavy atom. The van der Waals surface area contributed by atoms with Crippen molar-refractivity contribution in [2.24, 2.45) is 5.92 Å². The Labute approximate surface area is 142 Å². The van der Waals surface area contributed by atoms with E-state index in [9.17, 15) is 4.79 Å². The van der Waals surface area contributed by atoms with Crippen LogP contribution in [0.4, 0.5) is 10.5 Å². The maximum atomic E-state index is 12.1. The SMILES string of the molecule is CCN(C(=O)NC)c1ccc2c(c1)[C@@H](Cc1cnc[nH]1)[C@@H](C)CO2. The van der Waals surface area contributed by atoms with Crippen molar-refractivity contribution in [2.75, 3.05) is 25.1 Å². The number of rotatable bonds is 4. The summed E-state index contributed by atoms with van der Waals surface area (Å²) in [4.78, 5) is 21.1. The van der Waals surface area contributed by atoms with Gasteiger partial charge in [0.25, 0.3) is 0 Å². The van der Waals surface area contributed by atoms with Crippen LogP contribution in [0.15, 0.2) is 30.7 Å². The maximum Gasteiger partial charge on any atom is 0.321 e. The third-order valence-corrected chi connectivity index (χ3v) is 4.66. The van der Waals surface area contributed by atoms with Crippen molar-refractivity contribution in [2.45, 2.75) is 26.2 Å². The fourth-order valence-corrected chi connectivity index (χ4v) is 3.29. The molecule has 0 unspecified atom stereocenters. The lowest BCUT2D eigenvalue weighted by atomic mass is 9.82. The van der Waals surface area contributed by atoms with Crippen molar-refractivity contribution >= 4 is 11.7 Å². The Kier molecular flexibility index (Phi) is 4.74. The highest BCUT2D eigenvalue weighted by atomic mass is 16.5. The summed E-state index contributed by atoms with van der Waals surface area (Å²) < 4.78 is 5.90. The number of hydrogen-bond donors (Lipinski definition) is 2. The summed E-state index contributed by atoms with van der Waals surface area (Å²) in [5, 5.41) is 2.69. The number of ether oxygens (including phenoxy) is 1. The van der Waals surface area contributed by atoms with Gasteiger partial charge in [0.2, 0.25) is 0 Å². The molecule has 0 fully saturated rings. The first-order chi connectivity index (χ1) is 11.6. The number of hydrogen-bond acceptors (Lipinski definition) is 3. The number of aromatic amines is 1. The van der Waals surface area contributed by atoms with Crippen LogP contribution in [0.5, 0.6) is 5.75 Å². The van der Waals surface area contributed by atoms with Crippen LogP contribution in [-0.4, -0.2) is 36.2 Å². The smallest absolute Gasteiger partial charge is 0.321 e. The molecule has 0 radical (unpaired) electrons. The van der Waals surface area contributed by atoms with Gasteiger partial charge in [0.15, 0.2) is 0 Å². The normalized spacial score (nSPS) is 19.3. The van der Waals surface area contributed by atoms with Crippen molar-refractivity contribution in [3.05, 3.63) is 42.0 Å². The zero-order chi connectivity index (χ0) is 17.1. The molecule has 128 valence electrons. The number of nitrogens with zero attached hydrogens (tertiary/aromatic N) is 2. The molecule has 6 nitrogen and oxygen atoms in total. The number of carbonyl (C=O) groups is 1. The summed E-state index contributed by atoms with van der Waals surface area (Å²) in [5.74, 6) is 1.64. The molecule has 0 saturated heterocycles. The second-order valence-electron chi connectivity index (χ2n) is 6.20. The molecule has 0 bridgehead atoms. The Morgan fingerprint density at radius 1 is 1.50 bits per heavy atom. The molecule has 1 aliphatic heterocycles. The van der Waals surface area contributed by atoms with E-state index in [1.54, 1.807) is 18.3 Å². The summed E-state index contributed by atoms with van der Waals surface area (Å²) >= 11 is 0. The van der Waals surface area contributed by atoms with Crippen LogP contribution in [-0.2, 0) is 6.42 Å². The standard InChI is InChI=1S/C18H24N4O2/c1-4-22(18(23)19-3)14-5-6-17-16(8-14)15(12(2)10-24-17)7-13-9-20-11-21-13/h5-6,8-9,11-12,15H,4,7,10H2,1-3H3,(H,19,23)(H,20,21)/t12-,15-/m0/s1. The third kappa shape index (κ3) is 3.09. The van der Waals surface area contributed by atoms with Crippen molar-refractivity contribution in [3.63, 3.8) is 0 Å². The average Bonchev–Trinajstić information content (AvgIpc) is 3.11. The number of benzene rings is 1. The van der Waals surface area contributed by atoms with Crippen LogP contribution >= 0.6 is 0 Å². The lowest BCUT2D eigenvalue weighted by Gasteiger charge is -2.32. The predicted octanol–water partition coefficient (Wildman–Crippen LogP) is 2.93. The number of amides is 2. The molecule has 1 aromatic carbocycles. The maximum absolute atomic E-state index is 12.1. The van der Waals surface area contributed by atoms with Crippen molar-refractivity contribution in [1.82, 2.24) is 15.3 Å². The summed E-state index contributed by atoms with van der Waals surface area (Å²) in [5.41, 5.74) is 3.16. The summed E-state index contributed by atoms with van der Waals surface area (Å²) in [6.45, 7) is 5.49. The van der Waals surface area contributed by atoms with Gasteiger partial charge in [0, 0.05) is 36.7 Å². The van der Waals surface area contributed by atoms with E-state index in [2.05, 4.69) is 28.3 Å². The van der Waals surface area contributed by atoms with E-state index in [1.807, 2.05) is 25.3 Å². The van der Waals surface area contributed by atoms with Gasteiger partial charge in [-0.25, -0.2) is 9.78 Å². The first-order valence-electron chi connectivity index (χ1n) is 8.37. The van der Waals surface area contributed by atoms with Crippen molar-refractivity contribution in [1.29, 1.82) is 0 Å². The highest BCUT2D eigenvalue weighted by Crippen LogP contribution is 2.40. The molecular weight excluding hydrogens is 304 g/mol. The van der Waals surface area contributed by atoms with Gasteiger partial charge in [-0.05, 0) is 43.4 Å². The van der Waals surface area contributed by atoms with Crippen LogP contribution in [0.1, 0.15) is 31.0 Å². The molecule has 0 saturated carbocycles. The highest BCUT2D eigenvalue weighted by Gasteiger charge is 2.29. The minimum absolute atomic E-state index is 0.104. The van der Waals surface area contributed by atoms with Crippen molar-refractivity contribution < 1.29 is 9.53 Å². The lowest BCUT2D eigenvalue weighted by Crippen LogP contribution is -2.38. The largest absolute Gasteiger partial charge is 0.493 e. The second-order valence-corrected chi connectivity index (χ2v) is 6.20. The Balaban J connectivity index is 1.95. The van der Waals surface area contributed by atoms with E-state index in [1.165, 1.54) is 0 Å². The van der Waals surface area contributed by atoms with E-state index < -0.39 is 0 Å². The molecule has 24 heavy (non-hydrogen) atoms. The Bertz CT molecular complexity index is 699. The molecule has 2 atom stereocenters. The lowest BCUT2D eigenvalue weighted by molar-refractivity contribution is 0.204. The fourth-order valence-electron chi connectivity index (χ4n) is 3.29. The number of H-pyrrole nitrogens is 1. The summed E-state index contributed by atoms with van der Waals surface area (Å²) in [6, 6.07) is 5.90. The predicted molar refractivity (Wildman–Crippen MR) is 93.6 cm³/mol. The summed E-state index contributed by atoms with van der Waals surface area (Å²) in [6.07, 6.45) is 4.46. The van der Waals surface area contributed by atoms with Gasteiger partial charge in [-0.15, -0.1) is 0 Å². The number of anilines is 1. The zero-order valence-corrected chi connectivity index (χ0v) is 14.4. The minimum atomic E-state index is -0.104. The van der Waals surface area contributed by atoms with Gasteiger partial charge >= 0.3 is 6.03 Å². The highest BCUT2D eigenvalue weighted by molar-refractivity contribution is 5.92. The number of fused-ring (bicyclic) bond motifs is 1. The number of aromatic nitrogens is 2. The fraction of sp³-hybridized carbons (Fsp3) is 0.444. The number of imidazole rings is 1. The average molecular weight is 328 g/mol. The Morgan fingerprint density at radius 3 is 3.00 bits per heavy atom. The van der Waals surface area contributed by atoms with Gasteiger partial charge in [0.05, 0.1) is 12.9 Å². The first kappa shape index (κ1) is 16.4. The van der Waals surface area contributed by atoms with E-state index in [4.69, 9.17) is 4.74 Å². The van der Waals surface area contributed by atoms with Gasteiger partial charge in [-0.3, -0.25) is 4.90 Å². The van der Waals surface area contributed by atoms with E-state index in [-0.39, 0.29) is 6.03 Å². The van der Waals surface area contributed by atoms with Crippen LogP contribution in [0.3, 0.4) is 0 Å². The van der Waals surface area contributed by atoms with Gasteiger partial charge < -0.3 is 15.0 Å². The molecule has 3 rings (SSSR count). The molecule has 2 heterocycles. The molecule has 2 N–H and O–H groups in total. The number of nitrogens with one attached hydrogen (secondary N) is 2. The quantitative estimate of drug-likeness (QED) is 0.906. The molecule has 0 spiro atoms. The zero-order valence-electron chi connectivity index (χ0n) is 14.4. The molecule has 6 heteroatoms. The van der Waals surface area contributed by atoms with Crippen LogP contribution in [0, 0.1) is 5.92 Å². The van der Waals surface area contributed by atoms with E-state index in [0.717, 1.165) is 29.1 Å². The number of carbonyl (C=O) groups excluding carboxylic acids is 1. The van der Waals surface area contributed by atoms with Crippen LogP contribution in [0.2, 0.25) is 0 Å². The van der Waals surface area contributed by atoms with Crippen LogP contribution < -0.4 is 15.0 Å². The molecule has 1 aromatic heterocycles. The molecule has 0 aliphatic carbocycles. The molecular formula is C18H24N4O2. The Hall–Kier alpha value is -2.50. The third-order valence-electron chi connectivity index (χ3n) is 4.66. The monoisotopic (exact) mass is 328 g/mol. The van der Waals surface area contributed by atoms with E-state index >= 15 is 0 Å². The van der Waals surface area contributed by atoms with Gasteiger partial charge in [-0.2, -0.15) is 0 Å². The van der Waals surface area contributed by atoms with Gasteiger partial charge in [-0.1, -0.05) is 6.92 Å². The topological polar surface area (TPSA) is 70.2 Å². The van der Waals surface area contributed by atoms with Gasteiger partial charge in [0.1, 0.15) is 5.75 Å². The summed E-state index contributed by atoms with van der Waals surface area (Å²) in [7, 11) is 1.65. The van der Waals surface area contributed by atoms with Crippen molar-refractivity contribution in [3.8, 4) is 5.75 Å². The minimum Gasteiger partial charge on any atom is -0.493 e. The molecule has 1 aliphatic rings. The van der Waals surface area contributed by atoms with E-state index in [0.29, 0.717) is 25.0 Å².